The van der Waals surface area contributed by atoms with Crippen LogP contribution in [-0.4, -0.2) is 49.6 Å². The van der Waals surface area contributed by atoms with Crippen LogP contribution in [0.2, 0.25) is 0 Å². The first-order valence-corrected chi connectivity index (χ1v) is 7.93. The van der Waals surface area contributed by atoms with Crippen LogP contribution in [-0.2, 0) is 0 Å². The molecule has 0 bridgehead atoms. The number of H-pyrrole nitrogens is 1. The van der Waals surface area contributed by atoms with E-state index in [-0.39, 0.29) is 23.3 Å². The number of ether oxygens (including phenoxy) is 2. The first-order chi connectivity index (χ1) is 13.5. The highest BCUT2D eigenvalue weighted by Crippen LogP contribution is 2.22. The number of nitrogens with one attached hydrogen (secondary N) is 1. The van der Waals surface area contributed by atoms with Gasteiger partial charge in [-0.2, -0.15) is 15.0 Å². The van der Waals surface area contributed by atoms with Gasteiger partial charge in [0.1, 0.15) is 11.3 Å². The predicted molar refractivity (Wildman–Crippen MR) is 94.3 cm³/mol. The fourth-order valence-electron chi connectivity index (χ4n) is 2.03. The van der Waals surface area contributed by atoms with Crippen LogP contribution in [0.25, 0.3) is 11.2 Å². The quantitative estimate of drug-likeness (QED) is 0.384. The summed E-state index contributed by atoms with van der Waals surface area (Å²) >= 11 is 0. The smallest absolute Gasteiger partial charge is 0.436 e. The number of nitrogens with zero attached hydrogens (tertiary/aromatic N) is 7. The van der Waals surface area contributed by atoms with Crippen LogP contribution in [0.3, 0.4) is 0 Å². The van der Waals surface area contributed by atoms with Gasteiger partial charge >= 0.3 is 6.09 Å². The molecule has 0 radical (unpaired) electrons. The van der Waals surface area contributed by atoms with Crippen LogP contribution in [0.5, 0.6) is 11.6 Å². The summed E-state index contributed by atoms with van der Waals surface area (Å²) in [7, 11) is 1.31. The van der Waals surface area contributed by atoms with Crippen LogP contribution in [0, 0.1) is 10.1 Å². The molecule has 0 aliphatic rings. The van der Waals surface area contributed by atoms with Crippen molar-refractivity contribution in [3.05, 3.63) is 40.7 Å². The van der Waals surface area contributed by atoms with Gasteiger partial charge in [-0.15, -0.1) is 0 Å². The lowest BCUT2D eigenvalue weighted by Gasteiger charge is -2.09. The van der Waals surface area contributed by atoms with Crippen molar-refractivity contribution < 1.29 is 19.2 Å². The molecular formula is C15H14N8O5. The lowest BCUT2D eigenvalue weighted by molar-refractivity contribution is -0.384. The summed E-state index contributed by atoms with van der Waals surface area (Å²) in [6, 6.07) is 5.02. The fraction of sp³-hybridized carbons (Fsp3) is 0.200. The molecule has 2 aromatic heterocycles. The number of benzene rings is 1. The van der Waals surface area contributed by atoms with Crippen LogP contribution in [0.1, 0.15) is 6.92 Å². The highest BCUT2D eigenvalue weighted by molar-refractivity contribution is 5.76. The molecule has 0 saturated carbocycles. The molecule has 3 rings (SSSR count). The first-order valence-electron chi connectivity index (χ1n) is 7.93. The third kappa shape index (κ3) is 4.14. The number of aromatic amines is 1. The normalized spacial score (nSPS) is 10.9. The molecule has 0 atom stereocenters. The standard InChI is InChI=1S/C15H14N8O5/c1-3-27-13-11-12(17-8-16-11)18-14(19-13)20-21-22(2)15(24)28-10-6-4-9(5-7-10)23(25)26/h4-8H,3H2,1-2H3,(H,16,17,18,19)/b21-20+. The number of hydrogen-bond acceptors (Lipinski definition) is 10. The van der Waals surface area contributed by atoms with Gasteiger partial charge in [-0.05, 0) is 19.1 Å². The molecule has 28 heavy (non-hydrogen) atoms. The summed E-state index contributed by atoms with van der Waals surface area (Å²) in [6.07, 6.45) is 0.583. The molecule has 0 aliphatic carbocycles. The average molecular weight is 386 g/mol. The van der Waals surface area contributed by atoms with Crippen LogP contribution in [0.15, 0.2) is 40.9 Å². The van der Waals surface area contributed by atoms with Crippen molar-refractivity contribution in [3.8, 4) is 11.6 Å². The van der Waals surface area contributed by atoms with Gasteiger partial charge in [-0.25, -0.2) is 9.78 Å². The predicted octanol–water partition coefficient (Wildman–Crippen LogP) is 2.79. The lowest BCUT2D eigenvalue weighted by atomic mass is 10.3. The average Bonchev–Trinajstić information content (AvgIpc) is 3.15. The molecular weight excluding hydrogens is 372 g/mol. The van der Waals surface area contributed by atoms with Crippen LogP contribution in [0.4, 0.5) is 16.4 Å². The Kier molecular flexibility index (Phi) is 5.34. The van der Waals surface area contributed by atoms with Crippen LogP contribution < -0.4 is 9.47 Å². The number of nitro groups is 1. The van der Waals surface area contributed by atoms with E-state index in [9.17, 15) is 14.9 Å². The minimum absolute atomic E-state index is 0.0574. The summed E-state index contributed by atoms with van der Waals surface area (Å²) in [4.78, 5) is 37.2. The number of hydrogen-bond donors (Lipinski definition) is 1. The second-order valence-electron chi connectivity index (χ2n) is 5.19. The van der Waals surface area contributed by atoms with Crippen molar-refractivity contribution in [3.63, 3.8) is 0 Å². The van der Waals surface area contributed by atoms with Crippen molar-refractivity contribution in [2.75, 3.05) is 13.7 Å². The van der Waals surface area contributed by atoms with Gasteiger partial charge in [0, 0.05) is 19.2 Å². The first kappa shape index (κ1) is 18.6. The Hall–Kier alpha value is -4.16. The molecule has 13 nitrogen and oxygen atoms in total. The second-order valence-corrected chi connectivity index (χ2v) is 5.19. The highest BCUT2D eigenvalue weighted by atomic mass is 16.6. The molecule has 0 spiro atoms. The van der Waals surface area contributed by atoms with Crippen molar-refractivity contribution in [1.29, 1.82) is 0 Å². The van der Waals surface area contributed by atoms with E-state index in [1.807, 2.05) is 0 Å². The van der Waals surface area contributed by atoms with E-state index in [1.165, 1.54) is 37.6 Å². The van der Waals surface area contributed by atoms with Crippen molar-refractivity contribution in [2.24, 2.45) is 10.3 Å². The number of carbonyl (C=O) groups is 1. The Balaban J connectivity index is 1.70. The molecule has 0 fully saturated rings. The van der Waals surface area contributed by atoms with E-state index in [1.54, 1.807) is 6.92 Å². The fourth-order valence-corrected chi connectivity index (χ4v) is 2.03. The van der Waals surface area contributed by atoms with Gasteiger partial charge in [0.05, 0.1) is 17.9 Å². The molecule has 0 unspecified atom stereocenters. The molecule has 13 heteroatoms. The molecule has 0 saturated heterocycles. The van der Waals surface area contributed by atoms with E-state index < -0.39 is 11.0 Å². The Morgan fingerprint density at radius 1 is 1.32 bits per heavy atom. The SMILES string of the molecule is CCOc1nc(/N=N/N(C)C(=O)Oc2ccc([N+](=O)[O-])cc2)nc2nc[nH]c12. The third-order valence-corrected chi connectivity index (χ3v) is 3.31. The number of imidazole rings is 1. The second kappa shape index (κ2) is 8.03. The monoisotopic (exact) mass is 386 g/mol. The topological polar surface area (TPSA) is 161 Å². The molecule has 0 aliphatic heterocycles. The molecule has 1 aromatic carbocycles. The van der Waals surface area contributed by atoms with Gasteiger partial charge in [0.2, 0.25) is 5.88 Å². The summed E-state index contributed by atoms with van der Waals surface area (Å²) < 4.78 is 10.4. The highest BCUT2D eigenvalue weighted by Gasteiger charge is 2.14. The Bertz CT molecular complexity index is 1030. The molecule has 3 aromatic rings. The minimum atomic E-state index is -0.858. The zero-order valence-corrected chi connectivity index (χ0v) is 14.8. The number of carbonyl (C=O) groups excluding carboxylic acids is 1. The van der Waals surface area contributed by atoms with Crippen molar-refractivity contribution in [1.82, 2.24) is 24.9 Å². The Morgan fingerprint density at radius 2 is 2.07 bits per heavy atom. The van der Waals surface area contributed by atoms with Crippen molar-refractivity contribution >= 4 is 28.9 Å². The summed E-state index contributed by atoms with van der Waals surface area (Å²) in [5, 5.41) is 18.9. The number of nitro benzene ring substituents is 1. The maximum atomic E-state index is 12.0. The molecule has 1 N–H and O–H groups in total. The van der Waals surface area contributed by atoms with E-state index >= 15 is 0 Å². The Labute approximate surface area is 157 Å². The molecule has 1 amide bonds. The van der Waals surface area contributed by atoms with E-state index in [2.05, 4.69) is 30.3 Å². The van der Waals surface area contributed by atoms with Gasteiger partial charge in [0.15, 0.2) is 5.65 Å². The van der Waals surface area contributed by atoms with E-state index in [0.29, 0.717) is 17.8 Å². The van der Waals surface area contributed by atoms with Gasteiger partial charge < -0.3 is 14.5 Å². The summed E-state index contributed by atoms with van der Waals surface area (Å²) in [6.45, 7) is 2.18. The lowest BCUT2D eigenvalue weighted by Crippen LogP contribution is -2.24. The van der Waals surface area contributed by atoms with Gasteiger partial charge in [-0.3, -0.25) is 10.1 Å². The number of aromatic nitrogens is 4. The van der Waals surface area contributed by atoms with E-state index in [4.69, 9.17) is 9.47 Å². The third-order valence-electron chi connectivity index (χ3n) is 3.31. The summed E-state index contributed by atoms with van der Waals surface area (Å²) in [5.41, 5.74) is 0.735. The number of non-ortho nitro benzene ring substituents is 1. The number of amides is 1. The largest absolute Gasteiger partial charge is 0.476 e. The van der Waals surface area contributed by atoms with Crippen molar-refractivity contribution in [2.45, 2.75) is 6.92 Å². The Morgan fingerprint density at radius 3 is 2.75 bits per heavy atom. The van der Waals surface area contributed by atoms with E-state index in [0.717, 1.165) is 5.01 Å². The van der Waals surface area contributed by atoms with Crippen LogP contribution >= 0.6 is 0 Å². The molecule has 144 valence electrons. The maximum absolute atomic E-state index is 12.0. The summed E-state index contributed by atoms with van der Waals surface area (Å²) in [5.74, 6) is 0.318. The van der Waals surface area contributed by atoms with Gasteiger partial charge in [0.25, 0.3) is 11.6 Å². The zero-order valence-electron chi connectivity index (χ0n) is 14.8. The van der Waals surface area contributed by atoms with Gasteiger partial charge in [-0.1, -0.05) is 10.3 Å². The maximum Gasteiger partial charge on any atom is 0.436 e. The molecule has 2 heterocycles. The number of rotatable bonds is 6. The minimum Gasteiger partial charge on any atom is -0.476 e. The number of fused-ring (bicyclic) bond motifs is 1. The zero-order chi connectivity index (χ0) is 20.1.